The first-order chi connectivity index (χ1) is 10.6. The molecule has 1 N–H and O–H groups in total. The molecule has 2 rings (SSSR count). The quantitative estimate of drug-likeness (QED) is 0.883. The van der Waals surface area contributed by atoms with Crippen molar-refractivity contribution >= 4 is 33.6 Å². The molecule has 0 atom stereocenters. The maximum atomic E-state index is 12.2. The lowest BCUT2D eigenvalue weighted by Gasteiger charge is -2.34. The van der Waals surface area contributed by atoms with E-state index < -0.39 is 0 Å². The van der Waals surface area contributed by atoms with Crippen molar-refractivity contribution < 1.29 is 14.3 Å². The molecule has 1 heterocycles. The topological polar surface area (TPSA) is 61.9 Å². The van der Waals surface area contributed by atoms with E-state index in [4.69, 9.17) is 4.74 Å². The lowest BCUT2D eigenvalue weighted by Crippen LogP contribution is -2.51. The highest BCUT2D eigenvalue weighted by atomic mass is 79.9. The second-order valence-electron chi connectivity index (χ2n) is 4.93. The maximum Gasteiger partial charge on any atom is 0.409 e. The summed E-state index contributed by atoms with van der Waals surface area (Å²) in [5.74, 6) is 0.0310. The summed E-state index contributed by atoms with van der Waals surface area (Å²) in [4.78, 5) is 27.2. The van der Waals surface area contributed by atoms with E-state index in [0.717, 1.165) is 10.2 Å². The molecule has 1 aromatic carbocycles. The van der Waals surface area contributed by atoms with Crippen molar-refractivity contribution in [1.82, 2.24) is 9.80 Å². The molecule has 0 radical (unpaired) electrons. The Labute approximate surface area is 138 Å². The largest absolute Gasteiger partial charge is 0.450 e. The van der Waals surface area contributed by atoms with E-state index in [-0.39, 0.29) is 18.5 Å². The number of anilines is 1. The van der Waals surface area contributed by atoms with Crippen LogP contribution in [0.1, 0.15) is 6.92 Å². The second-order valence-corrected chi connectivity index (χ2v) is 5.85. The number of benzene rings is 1. The van der Waals surface area contributed by atoms with Gasteiger partial charge in [-0.15, -0.1) is 0 Å². The summed E-state index contributed by atoms with van der Waals surface area (Å²) >= 11 is 3.39. The summed E-state index contributed by atoms with van der Waals surface area (Å²) in [7, 11) is 0. The van der Waals surface area contributed by atoms with Crippen LogP contribution in [0.2, 0.25) is 0 Å². The van der Waals surface area contributed by atoms with Gasteiger partial charge < -0.3 is 19.9 Å². The number of carbonyl (C=O) groups excluding carboxylic acids is 2. The summed E-state index contributed by atoms with van der Waals surface area (Å²) in [5.41, 5.74) is 0.896. The van der Waals surface area contributed by atoms with Gasteiger partial charge in [-0.05, 0) is 25.1 Å². The van der Waals surface area contributed by atoms with Crippen LogP contribution in [-0.2, 0) is 9.53 Å². The van der Waals surface area contributed by atoms with Crippen LogP contribution in [0, 0.1) is 0 Å². The van der Waals surface area contributed by atoms with Crippen LogP contribution < -0.4 is 5.32 Å². The first-order valence-electron chi connectivity index (χ1n) is 7.29. The first kappa shape index (κ1) is 16.6. The molecule has 22 heavy (non-hydrogen) atoms. The SMILES string of the molecule is CCOC(=O)N1CCN(C(=O)CNc2cccc(Br)c2)CC1. The fourth-order valence-electron chi connectivity index (χ4n) is 2.24. The third-order valence-corrected chi connectivity index (χ3v) is 3.92. The lowest BCUT2D eigenvalue weighted by atomic mass is 10.3. The average Bonchev–Trinajstić information content (AvgIpc) is 2.53. The fraction of sp³-hybridized carbons (Fsp3) is 0.467. The zero-order valence-electron chi connectivity index (χ0n) is 12.5. The Balaban J connectivity index is 1.76. The van der Waals surface area contributed by atoms with Gasteiger partial charge in [0.2, 0.25) is 5.91 Å². The van der Waals surface area contributed by atoms with E-state index in [2.05, 4.69) is 21.2 Å². The zero-order chi connectivity index (χ0) is 15.9. The van der Waals surface area contributed by atoms with Gasteiger partial charge in [-0.2, -0.15) is 0 Å². The van der Waals surface area contributed by atoms with Crippen LogP contribution in [0.25, 0.3) is 0 Å². The summed E-state index contributed by atoms with van der Waals surface area (Å²) in [6, 6.07) is 7.68. The van der Waals surface area contributed by atoms with Crippen molar-refractivity contribution in [2.45, 2.75) is 6.92 Å². The van der Waals surface area contributed by atoms with Gasteiger partial charge in [-0.25, -0.2) is 4.79 Å². The number of nitrogens with one attached hydrogen (secondary N) is 1. The number of amides is 2. The van der Waals surface area contributed by atoms with E-state index >= 15 is 0 Å². The molecule has 2 amide bonds. The molecule has 6 nitrogen and oxygen atoms in total. The number of rotatable bonds is 4. The lowest BCUT2D eigenvalue weighted by molar-refractivity contribution is -0.130. The Kier molecular flexibility index (Phi) is 6.06. The molecule has 0 aliphatic carbocycles. The van der Waals surface area contributed by atoms with Crippen LogP contribution in [-0.4, -0.2) is 61.1 Å². The number of carbonyl (C=O) groups is 2. The molecule has 1 fully saturated rings. The summed E-state index contributed by atoms with van der Waals surface area (Å²) in [6.07, 6.45) is -0.304. The molecule has 0 aromatic heterocycles. The zero-order valence-corrected chi connectivity index (χ0v) is 14.1. The molecule has 0 saturated carbocycles. The molecule has 1 aromatic rings. The highest BCUT2D eigenvalue weighted by molar-refractivity contribution is 9.10. The minimum Gasteiger partial charge on any atom is -0.450 e. The molecule has 7 heteroatoms. The van der Waals surface area contributed by atoms with Crippen LogP contribution >= 0.6 is 15.9 Å². The van der Waals surface area contributed by atoms with Gasteiger partial charge in [-0.1, -0.05) is 22.0 Å². The number of hydrogen-bond donors (Lipinski definition) is 1. The average molecular weight is 370 g/mol. The number of piperazine rings is 1. The summed E-state index contributed by atoms with van der Waals surface area (Å²) in [6.45, 7) is 4.51. The Hall–Kier alpha value is -1.76. The number of nitrogens with zero attached hydrogens (tertiary/aromatic N) is 2. The minimum absolute atomic E-state index is 0.0310. The third kappa shape index (κ3) is 4.62. The van der Waals surface area contributed by atoms with E-state index in [1.807, 2.05) is 24.3 Å². The molecule has 0 unspecified atom stereocenters. The molecular formula is C15H20BrN3O3. The van der Waals surface area contributed by atoms with Gasteiger partial charge >= 0.3 is 6.09 Å². The number of hydrogen-bond acceptors (Lipinski definition) is 4. The summed E-state index contributed by atoms with van der Waals surface area (Å²) < 4.78 is 5.93. The second kappa shape index (κ2) is 8.03. The van der Waals surface area contributed by atoms with E-state index in [0.29, 0.717) is 32.8 Å². The maximum absolute atomic E-state index is 12.2. The predicted molar refractivity (Wildman–Crippen MR) is 87.8 cm³/mol. The Morgan fingerprint density at radius 2 is 1.91 bits per heavy atom. The molecule has 1 aliphatic heterocycles. The number of halogens is 1. The van der Waals surface area contributed by atoms with Crippen LogP contribution in [0.3, 0.4) is 0 Å². The van der Waals surface area contributed by atoms with E-state index in [1.54, 1.807) is 16.7 Å². The first-order valence-corrected chi connectivity index (χ1v) is 8.08. The van der Waals surface area contributed by atoms with Crippen LogP contribution in [0.5, 0.6) is 0 Å². The molecule has 120 valence electrons. The molecular weight excluding hydrogens is 350 g/mol. The van der Waals surface area contributed by atoms with Crippen LogP contribution in [0.4, 0.5) is 10.5 Å². The number of ether oxygens (including phenoxy) is 1. The molecule has 1 saturated heterocycles. The van der Waals surface area contributed by atoms with Crippen molar-refractivity contribution in [3.8, 4) is 0 Å². The standard InChI is InChI=1S/C15H20BrN3O3/c1-2-22-15(21)19-8-6-18(7-9-19)14(20)11-17-13-5-3-4-12(16)10-13/h3-5,10,17H,2,6-9,11H2,1H3. The van der Waals surface area contributed by atoms with Crippen molar-refractivity contribution in [3.63, 3.8) is 0 Å². The van der Waals surface area contributed by atoms with Gasteiger partial charge in [0.05, 0.1) is 13.2 Å². The predicted octanol–water partition coefficient (Wildman–Crippen LogP) is 2.16. The van der Waals surface area contributed by atoms with E-state index in [1.165, 1.54) is 0 Å². The van der Waals surface area contributed by atoms with Crippen molar-refractivity contribution in [1.29, 1.82) is 0 Å². The normalized spacial score (nSPS) is 14.6. The van der Waals surface area contributed by atoms with Gasteiger partial charge in [-0.3, -0.25) is 4.79 Å². The van der Waals surface area contributed by atoms with E-state index in [9.17, 15) is 9.59 Å². The monoisotopic (exact) mass is 369 g/mol. The highest BCUT2D eigenvalue weighted by Gasteiger charge is 2.24. The highest BCUT2D eigenvalue weighted by Crippen LogP contribution is 2.15. The Morgan fingerprint density at radius 1 is 1.23 bits per heavy atom. The van der Waals surface area contributed by atoms with Crippen molar-refractivity contribution in [2.75, 3.05) is 44.6 Å². The van der Waals surface area contributed by atoms with Crippen LogP contribution in [0.15, 0.2) is 28.7 Å². The smallest absolute Gasteiger partial charge is 0.409 e. The Bertz CT molecular complexity index is 531. The third-order valence-electron chi connectivity index (χ3n) is 3.43. The minimum atomic E-state index is -0.304. The van der Waals surface area contributed by atoms with Gasteiger partial charge in [0.15, 0.2) is 0 Å². The summed E-state index contributed by atoms with van der Waals surface area (Å²) in [5, 5.41) is 3.11. The molecule has 0 bridgehead atoms. The van der Waals surface area contributed by atoms with Gasteiger partial charge in [0.1, 0.15) is 0 Å². The van der Waals surface area contributed by atoms with Crippen molar-refractivity contribution in [3.05, 3.63) is 28.7 Å². The molecule has 1 aliphatic rings. The fourth-order valence-corrected chi connectivity index (χ4v) is 2.64. The van der Waals surface area contributed by atoms with Gasteiger partial charge in [0.25, 0.3) is 0 Å². The Morgan fingerprint density at radius 3 is 2.55 bits per heavy atom. The molecule has 0 spiro atoms. The van der Waals surface area contributed by atoms with Gasteiger partial charge in [0, 0.05) is 36.3 Å². The van der Waals surface area contributed by atoms with Crippen molar-refractivity contribution in [2.24, 2.45) is 0 Å².